The van der Waals surface area contributed by atoms with Gasteiger partial charge in [0.15, 0.2) is 0 Å². The fourth-order valence-electron chi connectivity index (χ4n) is 3.67. The maximum atomic E-state index is 13.2. The second-order valence-electron chi connectivity index (χ2n) is 5.97. The number of hydrogen-bond donors (Lipinski definition) is 1. The average molecular weight is 263 g/mol. The van der Waals surface area contributed by atoms with Crippen LogP contribution in [0.2, 0.25) is 0 Å². The van der Waals surface area contributed by atoms with Crippen LogP contribution in [-0.4, -0.2) is 12.6 Å². The van der Waals surface area contributed by atoms with Gasteiger partial charge >= 0.3 is 0 Å². The third kappa shape index (κ3) is 2.76. The van der Waals surface area contributed by atoms with E-state index in [9.17, 15) is 4.39 Å². The maximum Gasteiger partial charge on any atom is 0.123 e. The Hall–Kier alpha value is -1.09. The summed E-state index contributed by atoms with van der Waals surface area (Å²) in [4.78, 5) is 0. The van der Waals surface area contributed by atoms with Crippen molar-refractivity contribution in [1.29, 1.82) is 0 Å². The van der Waals surface area contributed by atoms with Crippen LogP contribution in [0.1, 0.15) is 37.7 Å². The summed E-state index contributed by atoms with van der Waals surface area (Å²) in [5.41, 5.74) is 6.95. The van der Waals surface area contributed by atoms with Crippen molar-refractivity contribution in [2.45, 2.75) is 44.6 Å². The van der Waals surface area contributed by atoms with Crippen LogP contribution in [0.4, 0.5) is 4.39 Å². The number of halogens is 1. The fourth-order valence-corrected chi connectivity index (χ4v) is 3.67. The molecule has 1 aliphatic carbocycles. The van der Waals surface area contributed by atoms with Crippen LogP contribution >= 0.6 is 0 Å². The highest BCUT2D eigenvalue weighted by atomic mass is 19.1. The molecule has 1 fully saturated rings. The van der Waals surface area contributed by atoms with Gasteiger partial charge in [0, 0.05) is 12.0 Å². The van der Waals surface area contributed by atoms with Crippen molar-refractivity contribution in [3.63, 3.8) is 0 Å². The van der Waals surface area contributed by atoms with E-state index in [-0.39, 0.29) is 11.9 Å². The van der Waals surface area contributed by atoms with E-state index in [0.717, 1.165) is 36.6 Å². The average Bonchev–Trinajstić information content (AvgIpc) is 3.04. The first-order chi connectivity index (χ1) is 9.26. The van der Waals surface area contributed by atoms with Gasteiger partial charge in [-0.3, -0.25) is 0 Å². The highest BCUT2D eigenvalue weighted by molar-refractivity contribution is 5.37. The minimum absolute atomic E-state index is 0.172. The van der Waals surface area contributed by atoms with Gasteiger partial charge in [0.2, 0.25) is 0 Å². The van der Waals surface area contributed by atoms with E-state index in [1.165, 1.54) is 31.7 Å². The van der Waals surface area contributed by atoms with E-state index in [4.69, 9.17) is 10.5 Å². The summed E-state index contributed by atoms with van der Waals surface area (Å²) in [6, 6.07) is 4.82. The molecule has 0 amide bonds. The predicted octanol–water partition coefficient (Wildman–Crippen LogP) is 3.28. The normalized spacial score (nSPS) is 24.2. The molecule has 19 heavy (non-hydrogen) atoms. The fraction of sp³-hybridized carbons (Fsp3) is 0.625. The summed E-state index contributed by atoms with van der Waals surface area (Å²) in [7, 11) is 0. The zero-order valence-electron chi connectivity index (χ0n) is 11.3. The number of hydrogen-bond acceptors (Lipinski definition) is 2. The Morgan fingerprint density at radius 2 is 2.11 bits per heavy atom. The first kappa shape index (κ1) is 12.9. The molecule has 1 heterocycles. The van der Waals surface area contributed by atoms with Crippen molar-refractivity contribution < 1.29 is 9.13 Å². The van der Waals surface area contributed by atoms with E-state index in [0.29, 0.717) is 5.92 Å². The molecule has 2 aliphatic rings. The first-order valence-electron chi connectivity index (χ1n) is 7.41. The van der Waals surface area contributed by atoms with E-state index < -0.39 is 0 Å². The molecule has 0 saturated heterocycles. The van der Waals surface area contributed by atoms with Gasteiger partial charge in [0.1, 0.15) is 17.7 Å². The number of ether oxygens (including phenoxy) is 1. The Labute approximate surface area is 114 Å². The molecule has 1 aromatic carbocycles. The molecular weight excluding hydrogens is 241 g/mol. The molecule has 0 spiro atoms. The molecule has 3 heteroatoms. The molecule has 2 unspecified atom stereocenters. The molecule has 2 nitrogen and oxygen atoms in total. The molecule has 1 saturated carbocycles. The van der Waals surface area contributed by atoms with E-state index in [2.05, 4.69) is 0 Å². The molecule has 0 aromatic heterocycles. The lowest BCUT2D eigenvalue weighted by molar-refractivity contribution is 0.170. The van der Waals surface area contributed by atoms with Crippen LogP contribution in [-0.2, 0) is 6.42 Å². The van der Waals surface area contributed by atoms with E-state index in [1.54, 1.807) is 12.1 Å². The molecule has 3 rings (SSSR count). The van der Waals surface area contributed by atoms with Gasteiger partial charge in [-0.1, -0.05) is 25.7 Å². The van der Waals surface area contributed by atoms with Gasteiger partial charge in [0.25, 0.3) is 0 Å². The van der Waals surface area contributed by atoms with Gasteiger partial charge in [-0.05, 0) is 43.0 Å². The second-order valence-corrected chi connectivity index (χ2v) is 5.97. The number of benzene rings is 1. The number of nitrogens with two attached hydrogens (primary N) is 1. The minimum Gasteiger partial charge on any atom is -0.490 e. The largest absolute Gasteiger partial charge is 0.490 e. The highest BCUT2D eigenvalue weighted by Gasteiger charge is 2.30. The first-order valence-corrected chi connectivity index (χ1v) is 7.41. The lowest BCUT2D eigenvalue weighted by Gasteiger charge is -2.24. The van der Waals surface area contributed by atoms with Crippen molar-refractivity contribution in [2.24, 2.45) is 17.6 Å². The van der Waals surface area contributed by atoms with Gasteiger partial charge in [0.05, 0.1) is 0 Å². The van der Waals surface area contributed by atoms with Gasteiger partial charge in [-0.15, -0.1) is 0 Å². The van der Waals surface area contributed by atoms with Gasteiger partial charge in [-0.2, -0.15) is 0 Å². The van der Waals surface area contributed by atoms with E-state index in [1.807, 2.05) is 0 Å². The predicted molar refractivity (Wildman–Crippen MR) is 73.6 cm³/mol. The van der Waals surface area contributed by atoms with Crippen LogP contribution in [0.15, 0.2) is 18.2 Å². The zero-order chi connectivity index (χ0) is 13.2. The highest BCUT2D eigenvalue weighted by Crippen LogP contribution is 2.37. The molecule has 104 valence electrons. The summed E-state index contributed by atoms with van der Waals surface area (Å²) in [6.45, 7) is 0.745. The van der Waals surface area contributed by atoms with Crippen LogP contribution in [0, 0.1) is 17.7 Å². The molecule has 1 aromatic rings. The van der Waals surface area contributed by atoms with Crippen LogP contribution < -0.4 is 10.5 Å². The third-order valence-corrected chi connectivity index (χ3v) is 4.70. The zero-order valence-corrected chi connectivity index (χ0v) is 11.3. The lowest BCUT2D eigenvalue weighted by atomic mass is 9.85. The van der Waals surface area contributed by atoms with Crippen molar-refractivity contribution >= 4 is 0 Å². The van der Waals surface area contributed by atoms with Crippen LogP contribution in [0.3, 0.4) is 0 Å². The Morgan fingerprint density at radius 3 is 2.84 bits per heavy atom. The third-order valence-electron chi connectivity index (χ3n) is 4.70. The van der Waals surface area contributed by atoms with Crippen molar-refractivity contribution in [3.05, 3.63) is 29.6 Å². The molecular formula is C16H22FNO. The Kier molecular flexibility index (Phi) is 3.74. The monoisotopic (exact) mass is 263 g/mol. The van der Waals surface area contributed by atoms with Crippen molar-refractivity contribution in [1.82, 2.24) is 0 Å². The summed E-state index contributed by atoms with van der Waals surface area (Å²) >= 11 is 0. The quantitative estimate of drug-likeness (QED) is 0.904. The topological polar surface area (TPSA) is 35.2 Å². The standard InChI is InChI=1S/C16H22FNO/c17-14-5-6-16-12(7-14)8-15(19-16)9-13(10-18)11-3-1-2-4-11/h5-7,11,13,15H,1-4,8-10,18H2. The van der Waals surface area contributed by atoms with Crippen LogP contribution in [0.25, 0.3) is 0 Å². The molecule has 0 radical (unpaired) electrons. The number of fused-ring (bicyclic) bond motifs is 1. The Balaban J connectivity index is 1.62. The number of rotatable bonds is 4. The molecule has 0 bridgehead atoms. The molecule has 2 N–H and O–H groups in total. The Bertz CT molecular complexity index is 442. The van der Waals surface area contributed by atoms with Crippen LogP contribution in [0.5, 0.6) is 5.75 Å². The Morgan fingerprint density at radius 1 is 1.32 bits per heavy atom. The smallest absolute Gasteiger partial charge is 0.123 e. The second kappa shape index (κ2) is 5.49. The summed E-state index contributed by atoms with van der Waals surface area (Å²) in [5.74, 6) is 2.02. The van der Waals surface area contributed by atoms with Crippen molar-refractivity contribution in [3.8, 4) is 5.75 Å². The van der Waals surface area contributed by atoms with Gasteiger partial charge < -0.3 is 10.5 Å². The minimum atomic E-state index is -0.172. The summed E-state index contributed by atoms with van der Waals surface area (Å²) < 4.78 is 19.1. The lowest BCUT2D eigenvalue weighted by Crippen LogP contribution is -2.28. The SMILES string of the molecule is NCC(CC1Cc2cc(F)ccc2O1)C1CCCC1. The van der Waals surface area contributed by atoms with E-state index >= 15 is 0 Å². The maximum absolute atomic E-state index is 13.2. The molecule has 1 aliphatic heterocycles. The summed E-state index contributed by atoms with van der Waals surface area (Å²) in [6.07, 6.45) is 7.35. The van der Waals surface area contributed by atoms with Gasteiger partial charge in [-0.25, -0.2) is 4.39 Å². The summed E-state index contributed by atoms with van der Waals surface area (Å²) in [5, 5.41) is 0. The molecule has 2 atom stereocenters. The van der Waals surface area contributed by atoms with Crippen molar-refractivity contribution in [2.75, 3.05) is 6.54 Å².